The van der Waals surface area contributed by atoms with Crippen molar-refractivity contribution in [1.82, 2.24) is 14.8 Å². The molecular formula is C17H27N3O2. The highest BCUT2D eigenvalue weighted by Gasteiger charge is 2.43. The molecule has 0 aromatic carbocycles. The van der Waals surface area contributed by atoms with Crippen LogP contribution in [0.25, 0.3) is 0 Å². The molecule has 5 heteroatoms. The molecule has 2 aliphatic heterocycles. The highest BCUT2D eigenvalue weighted by atomic mass is 16.5. The average Bonchev–Trinajstić information content (AvgIpc) is 2.99. The van der Waals surface area contributed by atoms with Crippen LogP contribution in [0.3, 0.4) is 0 Å². The number of nitrogens with zero attached hydrogens (tertiary/aromatic N) is 3. The molecule has 3 heterocycles. The Morgan fingerprint density at radius 2 is 2.05 bits per heavy atom. The van der Waals surface area contributed by atoms with Crippen LogP contribution in [0.1, 0.15) is 12.0 Å². The first-order valence-electron chi connectivity index (χ1n) is 8.19. The normalized spacial score (nSPS) is 29.6. The van der Waals surface area contributed by atoms with E-state index in [4.69, 9.17) is 9.47 Å². The van der Waals surface area contributed by atoms with E-state index in [2.05, 4.69) is 26.9 Å². The van der Waals surface area contributed by atoms with E-state index < -0.39 is 0 Å². The highest BCUT2D eigenvalue weighted by Crippen LogP contribution is 2.33. The molecule has 2 aliphatic rings. The van der Waals surface area contributed by atoms with Gasteiger partial charge >= 0.3 is 0 Å². The second-order valence-electron chi connectivity index (χ2n) is 6.37. The van der Waals surface area contributed by atoms with Gasteiger partial charge in [0.05, 0.1) is 12.7 Å². The first-order chi connectivity index (χ1) is 10.8. The minimum absolute atomic E-state index is 0.395. The third-order valence-corrected chi connectivity index (χ3v) is 5.11. The van der Waals surface area contributed by atoms with E-state index >= 15 is 0 Å². The summed E-state index contributed by atoms with van der Waals surface area (Å²) in [6, 6.07) is 4.83. The largest absolute Gasteiger partial charge is 0.383 e. The second kappa shape index (κ2) is 7.51. The number of ether oxygens (including phenoxy) is 2. The summed E-state index contributed by atoms with van der Waals surface area (Å²) in [5.41, 5.74) is 1.35. The molecule has 3 rings (SSSR count). The van der Waals surface area contributed by atoms with Gasteiger partial charge in [0, 0.05) is 71.3 Å². The van der Waals surface area contributed by atoms with Crippen LogP contribution in [0.15, 0.2) is 24.5 Å². The molecule has 0 radical (unpaired) electrons. The molecule has 0 bridgehead atoms. The fraction of sp³-hybridized carbons (Fsp3) is 0.706. The predicted molar refractivity (Wildman–Crippen MR) is 85.7 cm³/mol. The van der Waals surface area contributed by atoms with Gasteiger partial charge in [0.1, 0.15) is 0 Å². The maximum Gasteiger partial charge on any atom is 0.0639 e. The molecule has 22 heavy (non-hydrogen) atoms. The zero-order chi connectivity index (χ0) is 15.4. The van der Waals surface area contributed by atoms with Crippen LogP contribution in [0.2, 0.25) is 0 Å². The maximum absolute atomic E-state index is 5.76. The molecule has 0 amide bonds. The fourth-order valence-electron chi connectivity index (χ4n) is 3.93. The summed E-state index contributed by atoms with van der Waals surface area (Å²) in [7, 11) is 3.63. The monoisotopic (exact) mass is 305 g/mol. The highest BCUT2D eigenvalue weighted by molar-refractivity contribution is 5.11. The Labute approximate surface area is 133 Å². The van der Waals surface area contributed by atoms with Crippen molar-refractivity contribution in [2.24, 2.45) is 5.92 Å². The lowest BCUT2D eigenvalue weighted by molar-refractivity contribution is -0.0245. The third-order valence-electron chi connectivity index (χ3n) is 5.11. The number of likely N-dealkylation sites (tertiary alicyclic amines) is 2. The Hall–Kier alpha value is -1.01. The second-order valence-corrected chi connectivity index (χ2v) is 6.37. The van der Waals surface area contributed by atoms with E-state index in [1.807, 2.05) is 19.5 Å². The van der Waals surface area contributed by atoms with Gasteiger partial charge in [0.15, 0.2) is 0 Å². The Kier molecular flexibility index (Phi) is 5.41. The lowest BCUT2D eigenvalue weighted by Gasteiger charge is -2.41. The Balaban J connectivity index is 1.67. The van der Waals surface area contributed by atoms with Crippen molar-refractivity contribution in [1.29, 1.82) is 0 Å². The molecule has 1 aromatic heterocycles. The van der Waals surface area contributed by atoms with Gasteiger partial charge < -0.3 is 9.47 Å². The fourth-order valence-corrected chi connectivity index (χ4v) is 3.93. The minimum atomic E-state index is 0.395. The van der Waals surface area contributed by atoms with Gasteiger partial charge in [-0.15, -0.1) is 0 Å². The maximum atomic E-state index is 5.76. The van der Waals surface area contributed by atoms with Crippen LogP contribution in [0.4, 0.5) is 0 Å². The van der Waals surface area contributed by atoms with E-state index in [0.717, 1.165) is 45.8 Å². The third kappa shape index (κ3) is 3.49. The molecule has 0 spiro atoms. The number of hydrogen-bond donors (Lipinski definition) is 0. The Bertz CT molecular complexity index is 456. The lowest BCUT2D eigenvalue weighted by Crippen LogP contribution is -2.50. The number of piperidine rings is 1. The first kappa shape index (κ1) is 15.9. The quantitative estimate of drug-likeness (QED) is 0.791. The molecule has 0 aliphatic carbocycles. The molecule has 3 atom stereocenters. The van der Waals surface area contributed by atoms with Crippen LogP contribution < -0.4 is 0 Å². The van der Waals surface area contributed by atoms with Gasteiger partial charge in [-0.25, -0.2) is 0 Å². The molecule has 2 saturated heterocycles. The number of methoxy groups -OCH3 is 2. The van der Waals surface area contributed by atoms with Crippen molar-refractivity contribution in [3.8, 4) is 0 Å². The zero-order valence-corrected chi connectivity index (χ0v) is 13.6. The van der Waals surface area contributed by atoms with Gasteiger partial charge in [0.2, 0.25) is 0 Å². The topological polar surface area (TPSA) is 37.8 Å². The van der Waals surface area contributed by atoms with Gasteiger partial charge in [-0.1, -0.05) is 0 Å². The zero-order valence-electron chi connectivity index (χ0n) is 13.6. The van der Waals surface area contributed by atoms with Crippen molar-refractivity contribution >= 4 is 0 Å². The van der Waals surface area contributed by atoms with Gasteiger partial charge in [0.25, 0.3) is 0 Å². The summed E-state index contributed by atoms with van der Waals surface area (Å²) in [5, 5.41) is 0. The summed E-state index contributed by atoms with van der Waals surface area (Å²) in [6.07, 6.45) is 5.29. The van der Waals surface area contributed by atoms with E-state index in [1.165, 1.54) is 5.56 Å². The van der Waals surface area contributed by atoms with E-state index in [-0.39, 0.29) is 0 Å². The van der Waals surface area contributed by atoms with Crippen molar-refractivity contribution < 1.29 is 9.47 Å². The lowest BCUT2D eigenvalue weighted by atomic mass is 9.88. The number of hydrogen-bond acceptors (Lipinski definition) is 5. The van der Waals surface area contributed by atoms with Crippen LogP contribution >= 0.6 is 0 Å². The van der Waals surface area contributed by atoms with Gasteiger partial charge in [-0.3, -0.25) is 14.8 Å². The first-order valence-corrected chi connectivity index (χ1v) is 8.19. The molecule has 0 N–H and O–H groups in total. The Morgan fingerprint density at radius 3 is 2.77 bits per heavy atom. The van der Waals surface area contributed by atoms with Crippen molar-refractivity contribution in [2.75, 3.05) is 47.0 Å². The van der Waals surface area contributed by atoms with Crippen molar-refractivity contribution in [3.63, 3.8) is 0 Å². The van der Waals surface area contributed by atoms with Gasteiger partial charge in [-0.2, -0.15) is 0 Å². The minimum Gasteiger partial charge on any atom is -0.383 e. The summed E-state index contributed by atoms with van der Waals surface area (Å²) >= 11 is 0. The predicted octanol–water partition coefficient (Wildman–Crippen LogP) is 1.25. The number of pyridine rings is 1. The molecule has 1 aromatic rings. The van der Waals surface area contributed by atoms with E-state index in [9.17, 15) is 0 Å². The molecular weight excluding hydrogens is 278 g/mol. The van der Waals surface area contributed by atoms with Crippen LogP contribution in [0, 0.1) is 5.92 Å². The molecule has 122 valence electrons. The number of rotatable bonds is 6. The standard InChI is InChI=1S/C17H27N3O2/c1-21-10-9-19-12-15-16(13-19)20(8-5-17(15)22-2)11-14-3-6-18-7-4-14/h3-4,6-7,15-17H,5,8-13H2,1-2H3/t15-,16+,17-/m1/s1. The number of fused-ring (bicyclic) bond motifs is 1. The van der Waals surface area contributed by atoms with E-state index in [1.54, 1.807) is 7.11 Å². The molecule has 0 unspecified atom stereocenters. The molecule has 0 saturated carbocycles. The van der Waals surface area contributed by atoms with Gasteiger partial charge in [-0.05, 0) is 24.1 Å². The summed E-state index contributed by atoms with van der Waals surface area (Å²) in [5.74, 6) is 0.609. The average molecular weight is 305 g/mol. The Morgan fingerprint density at radius 1 is 1.23 bits per heavy atom. The molecule has 2 fully saturated rings. The van der Waals surface area contributed by atoms with Crippen molar-refractivity contribution in [2.45, 2.75) is 25.1 Å². The van der Waals surface area contributed by atoms with Crippen molar-refractivity contribution in [3.05, 3.63) is 30.1 Å². The van der Waals surface area contributed by atoms with E-state index in [0.29, 0.717) is 18.1 Å². The smallest absolute Gasteiger partial charge is 0.0639 e. The SMILES string of the molecule is COCCN1C[C@H]2[C@H](OC)CCN(Cc3ccncc3)[C@H]2C1. The summed E-state index contributed by atoms with van der Waals surface area (Å²) in [6.45, 7) is 6.20. The summed E-state index contributed by atoms with van der Waals surface area (Å²) in [4.78, 5) is 9.27. The van der Waals surface area contributed by atoms with Crippen LogP contribution in [-0.2, 0) is 16.0 Å². The molecule has 5 nitrogen and oxygen atoms in total. The number of aromatic nitrogens is 1. The summed E-state index contributed by atoms with van der Waals surface area (Å²) < 4.78 is 11.0. The van der Waals surface area contributed by atoms with Crippen LogP contribution in [0.5, 0.6) is 0 Å². The van der Waals surface area contributed by atoms with Crippen LogP contribution in [-0.4, -0.2) is 73.9 Å².